The van der Waals surface area contributed by atoms with Crippen molar-refractivity contribution < 1.29 is 4.74 Å². The zero-order valence-electron chi connectivity index (χ0n) is 14.6. The normalized spacial score (nSPS) is 21.5. The highest BCUT2D eigenvalue weighted by Crippen LogP contribution is 2.31. The van der Waals surface area contributed by atoms with Crippen molar-refractivity contribution in [1.82, 2.24) is 9.55 Å². The number of hydrogen-bond acceptors (Lipinski definition) is 3. The molecule has 1 fully saturated rings. The van der Waals surface area contributed by atoms with Crippen LogP contribution in [0.2, 0.25) is 0 Å². The molecule has 4 nitrogen and oxygen atoms in total. The lowest BCUT2D eigenvalue weighted by molar-refractivity contribution is 0.104. The Bertz CT molecular complexity index is 728. The fourth-order valence-corrected chi connectivity index (χ4v) is 3.97. The van der Waals surface area contributed by atoms with E-state index in [1.807, 2.05) is 12.3 Å². The largest absolute Gasteiger partial charge is 0.378 e. The number of rotatable bonds is 5. The number of aromatic nitrogens is 2. The van der Waals surface area contributed by atoms with Gasteiger partial charge in [0.05, 0.1) is 11.8 Å². The van der Waals surface area contributed by atoms with E-state index < -0.39 is 0 Å². The highest BCUT2D eigenvalue weighted by atomic mass is 16.5. The average Bonchev–Trinajstić information content (AvgIpc) is 3.28. The van der Waals surface area contributed by atoms with Crippen LogP contribution in [0.1, 0.15) is 39.0 Å². The molecule has 128 valence electrons. The van der Waals surface area contributed by atoms with Gasteiger partial charge in [0.1, 0.15) is 5.65 Å². The summed E-state index contributed by atoms with van der Waals surface area (Å²) in [5, 5.41) is 1.27. The van der Waals surface area contributed by atoms with Gasteiger partial charge in [0.15, 0.2) is 0 Å². The first-order valence-electron chi connectivity index (χ1n) is 9.33. The zero-order valence-corrected chi connectivity index (χ0v) is 14.6. The molecule has 4 heteroatoms. The van der Waals surface area contributed by atoms with Crippen LogP contribution in [0.4, 0.5) is 5.69 Å². The van der Waals surface area contributed by atoms with E-state index in [2.05, 4.69) is 39.7 Å². The fourth-order valence-electron chi connectivity index (χ4n) is 3.97. The Morgan fingerprint density at radius 2 is 2.33 bits per heavy atom. The summed E-state index contributed by atoms with van der Waals surface area (Å²) in [6, 6.07) is 4.24. The third-order valence-electron chi connectivity index (χ3n) is 5.41. The van der Waals surface area contributed by atoms with Gasteiger partial charge in [-0.25, -0.2) is 4.98 Å². The van der Waals surface area contributed by atoms with Crippen LogP contribution in [0.5, 0.6) is 0 Å². The lowest BCUT2D eigenvalue weighted by Crippen LogP contribution is -2.28. The van der Waals surface area contributed by atoms with Crippen molar-refractivity contribution in [3.05, 3.63) is 36.2 Å². The lowest BCUT2D eigenvalue weighted by atomic mass is 9.99. The van der Waals surface area contributed by atoms with Crippen molar-refractivity contribution >= 4 is 16.7 Å². The minimum Gasteiger partial charge on any atom is -0.378 e. The first-order chi connectivity index (χ1) is 11.8. The second-order valence-corrected chi connectivity index (χ2v) is 6.91. The summed E-state index contributed by atoms with van der Waals surface area (Å²) in [5.41, 5.74) is 4.04. The number of hydrogen-bond donors (Lipinski definition) is 0. The number of nitrogens with zero attached hydrogens (tertiary/aromatic N) is 3. The summed E-state index contributed by atoms with van der Waals surface area (Å²) < 4.78 is 8.00. The molecule has 0 radical (unpaired) electrons. The molecule has 1 atom stereocenters. The summed E-state index contributed by atoms with van der Waals surface area (Å²) in [7, 11) is 0. The highest BCUT2D eigenvalue weighted by Gasteiger charge is 2.19. The molecular weight excluding hydrogens is 298 g/mol. The van der Waals surface area contributed by atoms with E-state index in [0.29, 0.717) is 6.10 Å². The topological polar surface area (TPSA) is 30.3 Å². The number of pyridine rings is 1. The Kier molecular flexibility index (Phi) is 4.56. The van der Waals surface area contributed by atoms with Gasteiger partial charge in [-0.1, -0.05) is 11.6 Å². The molecule has 4 rings (SSSR count). The Hall–Kier alpha value is -1.81. The van der Waals surface area contributed by atoms with Crippen LogP contribution in [0, 0.1) is 0 Å². The molecule has 0 bridgehead atoms. The van der Waals surface area contributed by atoms with E-state index >= 15 is 0 Å². The predicted octanol–water partition coefficient (Wildman–Crippen LogP) is 4.15. The second-order valence-electron chi connectivity index (χ2n) is 6.91. The Morgan fingerprint density at radius 3 is 3.08 bits per heavy atom. The smallest absolute Gasteiger partial charge is 0.141 e. The summed E-state index contributed by atoms with van der Waals surface area (Å²) >= 11 is 0. The molecular formula is C20H27N3O. The van der Waals surface area contributed by atoms with Gasteiger partial charge in [-0.05, 0) is 51.2 Å². The predicted molar refractivity (Wildman–Crippen MR) is 98.5 cm³/mol. The van der Waals surface area contributed by atoms with Gasteiger partial charge in [0.2, 0.25) is 0 Å². The van der Waals surface area contributed by atoms with Gasteiger partial charge in [0, 0.05) is 44.0 Å². The molecule has 0 aromatic carbocycles. The molecule has 2 aromatic rings. The molecule has 0 spiro atoms. The van der Waals surface area contributed by atoms with Crippen LogP contribution in [0.3, 0.4) is 0 Å². The third kappa shape index (κ3) is 3.07. The van der Waals surface area contributed by atoms with Gasteiger partial charge in [0.25, 0.3) is 0 Å². The van der Waals surface area contributed by atoms with E-state index in [-0.39, 0.29) is 0 Å². The average molecular weight is 325 g/mol. The minimum absolute atomic E-state index is 0.512. The molecule has 2 aliphatic heterocycles. The summed E-state index contributed by atoms with van der Waals surface area (Å²) in [6.07, 6.45) is 13.2. The second kappa shape index (κ2) is 6.98. The Labute approximate surface area is 144 Å². The molecule has 2 aliphatic rings. The van der Waals surface area contributed by atoms with Crippen LogP contribution in [-0.2, 0) is 11.3 Å². The van der Waals surface area contributed by atoms with Gasteiger partial charge >= 0.3 is 0 Å². The maximum absolute atomic E-state index is 5.75. The van der Waals surface area contributed by atoms with Crippen molar-refractivity contribution in [1.29, 1.82) is 0 Å². The maximum Gasteiger partial charge on any atom is 0.141 e. The molecule has 1 unspecified atom stereocenters. The third-order valence-corrected chi connectivity index (χ3v) is 5.41. The number of fused-ring (bicyclic) bond motifs is 1. The zero-order chi connectivity index (χ0) is 16.4. The molecule has 2 aromatic heterocycles. The fraction of sp³-hybridized carbons (Fsp3) is 0.550. The molecule has 0 N–H and O–H groups in total. The van der Waals surface area contributed by atoms with Crippen LogP contribution < -0.4 is 4.90 Å². The first-order valence-corrected chi connectivity index (χ1v) is 9.33. The first kappa shape index (κ1) is 15.7. The van der Waals surface area contributed by atoms with Crippen molar-refractivity contribution in [2.24, 2.45) is 0 Å². The summed E-state index contributed by atoms with van der Waals surface area (Å²) in [4.78, 5) is 7.05. The van der Waals surface area contributed by atoms with E-state index in [4.69, 9.17) is 4.74 Å². The molecule has 0 saturated carbocycles. The molecule has 24 heavy (non-hydrogen) atoms. The van der Waals surface area contributed by atoms with Crippen molar-refractivity contribution in [3.8, 4) is 0 Å². The number of ether oxygens (including phenoxy) is 1. The quantitative estimate of drug-likeness (QED) is 0.774. The van der Waals surface area contributed by atoms with E-state index in [0.717, 1.165) is 31.9 Å². The summed E-state index contributed by atoms with van der Waals surface area (Å²) in [6.45, 7) is 6.22. The molecule has 1 saturated heterocycles. The SMILES string of the molecule is CCn1cc(N2CC=C(CCC3CCCO3)CC2)c2cccnc21. The standard InChI is InChI=1S/C20H27N3O/c1-2-22-15-19(18-6-3-11-21-20(18)22)23-12-9-16(10-13-23)7-8-17-5-4-14-24-17/h3,6,9,11,15,17H,2,4-5,7-8,10,12-14H2,1H3. The maximum atomic E-state index is 5.75. The molecule has 4 heterocycles. The number of anilines is 1. The van der Waals surface area contributed by atoms with Gasteiger partial charge in [-0.2, -0.15) is 0 Å². The summed E-state index contributed by atoms with van der Waals surface area (Å²) in [5.74, 6) is 0. The van der Waals surface area contributed by atoms with Crippen molar-refractivity contribution in [2.75, 3.05) is 24.6 Å². The highest BCUT2D eigenvalue weighted by molar-refractivity contribution is 5.91. The minimum atomic E-state index is 0.512. The van der Waals surface area contributed by atoms with E-state index in [1.54, 1.807) is 5.57 Å². The van der Waals surface area contributed by atoms with Gasteiger partial charge < -0.3 is 14.2 Å². The van der Waals surface area contributed by atoms with E-state index in [1.165, 1.54) is 43.2 Å². The molecule has 0 aliphatic carbocycles. The Morgan fingerprint density at radius 1 is 1.38 bits per heavy atom. The van der Waals surface area contributed by atoms with E-state index in [9.17, 15) is 0 Å². The van der Waals surface area contributed by atoms with Crippen LogP contribution >= 0.6 is 0 Å². The Balaban J connectivity index is 1.45. The monoisotopic (exact) mass is 325 g/mol. The van der Waals surface area contributed by atoms with Crippen LogP contribution in [0.25, 0.3) is 11.0 Å². The lowest BCUT2D eigenvalue weighted by Gasteiger charge is -2.28. The molecule has 0 amide bonds. The van der Waals surface area contributed by atoms with Gasteiger partial charge in [-0.15, -0.1) is 0 Å². The van der Waals surface area contributed by atoms with Crippen molar-refractivity contribution in [2.45, 2.75) is 51.7 Å². The van der Waals surface area contributed by atoms with Crippen LogP contribution in [0.15, 0.2) is 36.2 Å². The van der Waals surface area contributed by atoms with Crippen LogP contribution in [-0.4, -0.2) is 35.4 Å². The number of aryl methyl sites for hydroxylation is 1. The van der Waals surface area contributed by atoms with Crippen molar-refractivity contribution in [3.63, 3.8) is 0 Å². The van der Waals surface area contributed by atoms with Gasteiger partial charge in [-0.3, -0.25) is 0 Å².